The molecular weight excluding hydrogens is 405 g/mol. The van der Waals surface area contributed by atoms with Crippen LogP contribution in [0.15, 0.2) is 66.1 Å². The number of thioether (sulfide) groups is 1. The number of hydrogen-bond donors (Lipinski definition) is 0. The molecule has 1 aromatic heterocycles. The molecule has 4 rings (SSSR count). The maximum atomic E-state index is 6.46. The fraction of sp³-hybridized carbons (Fsp3) is 0.263. The number of aromatic nitrogens is 3. The van der Waals surface area contributed by atoms with Gasteiger partial charge in [-0.05, 0) is 24.3 Å². The van der Waals surface area contributed by atoms with Crippen LogP contribution in [0.3, 0.4) is 0 Å². The number of hydrogen-bond acceptors (Lipinski definition) is 5. The normalized spacial score (nSPS) is 22.2. The molecule has 8 heteroatoms. The third-order valence-corrected chi connectivity index (χ3v) is 5.91. The lowest BCUT2D eigenvalue weighted by molar-refractivity contribution is -0.186. The van der Waals surface area contributed by atoms with Gasteiger partial charge >= 0.3 is 0 Å². The van der Waals surface area contributed by atoms with Gasteiger partial charge in [-0.2, -0.15) is 5.10 Å². The number of halogens is 2. The average molecular weight is 422 g/mol. The first-order valence-corrected chi connectivity index (χ1v) is 10.2. The van der Waals surface area contributed by atoms with Gasteiger partial charge in [-0.25, -0.2) is 9.67 Å². The van der Waals surface area contributed by atoms with E-state index in [1.54, 1.807) is 34.9 Å². The van der Waals surface area contributed by atoms with E-state index < -0.39 is 5.79 Å². The van der Waals surface area contributed by atoms with Crippen molar-refractivity contribution in [1.82, 2.24) is 14.8 Å². The largest absolute Gasteiger partial charge is 0.342 e. The second-order valence-corrected chi connectivity index (χ2v) is 8.08. The summed E-state index contributed by atoms with van der Waals surface area (Å²) in [5.74, 6) is -0.258. The van der Waals surface area contributed by atoms with Crippen molar-refractivity contribution in [1.29, 1.82) is 0 Å². The molecule has 0 amide bonds. The molecule has 0 unspecified atom stereocenters. The van der Waals surface area contributed by atoms with Crippen LogP contribution in [0.25, 0.3) is 0 Å². The summed E-state index contributed by atoms with van der Waals surface area (Å²) in [6.45, 7) is 0.814. The maximum Gasteiger partial charge on any atom is 0.217 e. The molecule has 2 heterocycles. The Morgan fingerprint density at radius 2 is 2.04 bits per heavy atom. The molecule has 5 nitrogen and oxygen atoms in total. The van der Waals surface area contributed by atoms with Crippen molar-refractivity contribution in [3.05, 3.63) is 76.8 Å². The molecule has 0 bridgehead atoms. The third-order valence-electron chi connectivity index (χ3n) is 4.22. The summed E-state index contributed by atoms with van der Waals surface area (Å²) in [4.78, 5) is 5.20. The van der Waals surface area contributed by atoms with Gasteiger partial charge in [-0.1, -0.05) is 47.5 Å². The van der Waals surface area contributed by atoms with E-state index in [1.165, 1.54) is 11.2 Å². The van der Waals surface area contributed by atoms with Gasteiger partial charge in [0, 0.05) is 21.2 Å². The average Bonchev–Trinajstić information content (AvgIpc) is 3.32. The van der Waals surface area contributed by atoms with Crippen molar-refractivity contribution >= 4 is 35.0 Å². The highest BCUT2D eigenvalue weighted by molar-refractivity contribution is 7.99. The van der Waals surface area contributed by atoms with E-state index in [9.17, 15) is 0 Å². The smallest absolute Gasteiger partial charge is 0.217 e. The number of rotatable bonds is 6. The Balaban J connectivity index is 1.56. The number of ether oxygens (including phenoxy) is 2. The first-order chi connectivity index (χ1) is 13.1. The molecule has 27 heavy (non-hydrogen) atoms. The fourth-order valence-corrected chi connectivity index (χ4v) is 4.43. The summed E-state index contributed by atoms with van der Waals surface area (Å²) in [6, 6.07) is 15.5. The Kier molecular flexibility index (Phi) is 5.71. The van der Waals surface area contributed by atoms with E-state index in [-0.39, 0.29) is 6.10 Å². The summed E-state index contributed by atoms with van der Waals surface area (Å²) in [5, 5.41) is 5.25. The Morgan fingerprint density at radius 3 is 2.78 bits per heavy atom. The molecule has 2 aromatic carbocycles. The number of nitrogens with zero attached hydrogens (tertiary/aromatic N) is 3. The zero-order valence-corrected chi connectivity index (χ0v) is 16.6. The van der Waals surface area contributed by atoms with Crippen molar-refractivity contribution in [2.45, 2.75) is 23.3 Å². The minimum absolute atomic E-state index is 0.0783. The monoisotopic (exact) mass is 421 g/mol. The summed E-state index contributed by atoms with van der Waals surface area (Å²) in [5.41, 5.74) is 0.733. The first kappa shape index (κ1) is 18.8. The lowest BCUT2D eigenvalue weighted by Gasteiger charge is -2.29. The predicted octanol–water partition coefficient (Wildman–Crippen LogP) is 4.65. The van der Waals surface area contributed by atoms with Crippen LogP contribution in [-0.4, -0.2) is 33.2 Å². The molecule has 1 aliphatic rings. The van der Waals surface area contributed by atoms with E-state index in [0.717, 1.165) is 11.3 Å². The molecule has 0 N–H and O–H groups in total. The first-order valence-electron chi connectivity index (χ1n) is 8.42. The van der Waals surface area contributed by atoms with Crippen LogP contribution in [0, 0.1) is 0 Å². The van der Waals surface area contributed by atoms with Crippen LogP contribution in [-0.2, 0) is 21.8 Å². The van der Waals surface area contributed by atoms with Crippen molar-refractivity contribution in [3.63, 3.8) is 0 Å². The van der Waals surface area contributed by atoms with Crippen LogP contribution in [0.5, 0.6) is 0 Å². The van der Waals surface area contributed by atoms with E-state index >= 15 is 0 Å². The highest BCUT2D eigenvalue weighted by Crippen LogP contribution is 2.41. The SMILES string of the molecule is Clc1ccc([C@]2(Cn3cncn3)OC[C@@H](CSc3ccccc3)O2)c(Cl)c1. The molecule has 0 aliphatic carbocycles. The molecule has 3 aromatic rings. The quantitative estimate of drug-likeness (QED) is 0.542. The topological polar surface area (TPSA) is 49.2 Å². The van der Waals surface area contributed by atoms with Crippen LogP contribution in [0.1, 0.15) is 5.56 Å². The predicted molar refractivity (Wildman–Crippen MR) is 106 cm³/mol. The molecule has 1 saturated heterocycles. The lowest BCUT2D eigenvalue weighted by Crippen LogP contribution is -2.34. The standard InChI is InChI=1S/C19H17Cl2N3O2S/c20-14-6-7-17(18(21)8-14)19(11-24-13-22-12-23-24)25-9-15(26-19)10-27-16-4-2-1-3-5-16/h1-8,12-13,15H,9-11H2/t15-,19+/m0/s1. The van der Waals surface area contributed by atoms with Gasteiger partial charge in [0.2, 0.25) is 5.79 Å². The van der Waals surface area contributed by atoms with Gasteiger partial charge in [0.25, 0.3) is 0 Å². The van der Waals surface area contributed by atoms with Crippen LogP contribution < -0.4 is 0 Å². The summed E-state index contributed by atoms with van der Waals surface area (Å²) in [7, 11) is 0. The third kappa shape index (κ3) is 4.31. The van der Waals surface area contributed by atoms with Crippen molar-refractivity contribution in [2.75, 3.05) is 12.4 Å². The van der Waals surface area contributed by atoms with Crippen molar-refractivity contribution < 1.29 is 9.47 Å². The Hall–Kier alpha value is -1.57. The van der Waals surface area contributed by atoms with Crippen LogP contribution >= 0.6 is 35.0 Å². The lowest BCUT2D eigenvalue weighted by atomic mass is 10.1. The zero-order valence-electron chi connectivity index (χ0n) is 14.3. The van der Waals surface area contributed by atoms with Gasteiger partial charge in [0.15, 0.2) is 0 Å². The zero-order chi connectivity index (χ0) is 18.7. The second kappa shape index (κ2) is 8.20. The molecule has 0 saturated carbocycles. The Morgan fingerprint density at radius 1 is 1.19 bits per heavy atom. The van der Waals surface area contributed by atoms with Gasteiger partial charge in [-0.3, -0.25) is 0 Å². The molecule has 1 fully saturated rings. The minimum atomic E-state index is -1.03. The van der Waals surface area contributed by atoms with E-state index in [4.69, 9.17) is 32.7 Å². The Bertz CT molecular complexity index is 895. The molecule has 2 atom stereocenters. The summed E-state index contributed by atoms with van der Waals surface area (Å²) >= 11 is 14.3. The molecule has 0 radical (unpaired) electrons. The van der Waals surface area contributed by atoms with E-state index in [0.29, 0.717) is 23.2 Å². The number of benzene rings is 2. The Labute approximate surface area is 171 Å². The van der Waals surface area contributed by atoms with Crippen molar-refractivity contribution in [3.8, 4) is 0 Å². The van der Waals surface area contributed by atoms with Crippen LogP contribution in [0.2, 0.25) is 10.0 Å². The van der Waals surface area contributed by atoms with Crippen molar-refractivity contribution in [2.24, 2.45) is 0 Å². The minimum Gasteiger partial charge on any atom is -0.342 e. The van der Waals surface area contributed by atoms with E-state index in [2.05, 4.69) is 22.2 Å². The van der Waals surface area contributed by atoms with E-state index in [1.807, 2.05) is 24.3 Å². The summed E-state index contributed by atoms with van der Waals surface area (Å²) in [6.07, 6.45) is 3.03. The summed E-state index contributed by atoms with van der Waals surface area (Å²) < 4.78 is 14.2. The highest BCUT2D eigenvalue weighted by atomic mass is 35.5. The fourth-order valence-electron chi connectivity index (χ4n) is 2.99. The van der Waals surface area contributed by atoms with Gasteiger partial charge in [0.05, 0.1) is 17.7 Å². The molecule has 1 aliphatic heterocycles. The molecular formula is C19H17Cl2N3O2S. The molecule has 140 valence electrons. The van der Waals surface area contributed by atoms with Crippen LogP contribution in [0.4, 0.5) is 0 Å². The highest BCUT2D eigenvalue weighted by Gasteiger charge is 2.45. The second-order valence-electron chi connectivity index (χ2n) is 6.15. The molecule has 0 spiro atoms. The van der Waals surface area contributed by atoms with Gasteiger partial charge in [0.1, 0.15) is 19.2 Å². The maximum absolute atomic E-state index is 6.46. The van der Waals surface area contributed by atoms with Gasteiger partial charge in [-0.15, -0.1) is 11.8 Å². The van der Waals surface area contributed by atoms with Gasteiger partial charge < -0.3 is 9.47 Å².